The van der Waals surface area contributed by atoms with Crippen molar-refractivity contribution in [3.63, 3.8) is 0 Å². The van der Waals surface area contributed by atoms with E-state index in [-0.39, 0.29) is 30.0 Å². The fourth-order valence-corrected chi connectivity index (χ4v) is 6.63. The topological polar surface area (TPSA) is 147 Å². The van der Waals surface area contributed by atoms with Crippen LogP contribution in [0.2, 0.25) is 0 Å². The number of benzene rings is 1. The van der Waals surface area contributed by atoms with E-state index in [2.05, 4.69) is 21.3 Å². The maximum absolute atomic E-state index is 13.8. The van der Waals surface area contributed by atoms with Crippen molar-refractivity contribution in [1.82, 2.24) is 21.3 Å². The molecule has 3 atom stereocenters. The van der Waals surface area contributed by atoms with Crippen molar-refractivity contribution >= 4 is 40.4 Å². The maximum Gasteiger partial charge on any atom is 0.289 e. The molecular formula is C32H42N4O6. The summed E-state index contributed by atoms with van der Waals surface area (Å²) in [6.07, 6.45) is 10.9. The van der Waals surface area contributed by atoms with E-state index in [1.54, 1.807) is 12.1 Å². The molecule has 1 aromatic heterocycles. The van der Waals surface area contributed by atoms with Crippen molar-refractivity contribution in [2.24, 2.45) is 11.8 Å². The van der Waals surface area contributed by atoms with Gasteiger partial charge in [-0.2, -0.15) is 0 Å². The van der Waals surface area contributed by atoms with Gasteiger partial charge in [0.1, 0.15) is 11.6 Å². The molecule has 5 rings (SSSR count). The lowest BCUT2D eigenvalue weighted by atomic mass is 9.84. The highest BCUT2D eigenvalue weighted by atomic mass is 16.3. The predicted molar refractivity (Wildman–Crippen MR) is 156 cm³/mol. The van der Waals surface area contributed by atoms with Crippen molar-refractivity contribution < 1.29 is 28.4 Å². The molecule has 1 aromatic carbocycles. The number of carbonyl (C=O) groups excluding carboxylic acids is 5. The van der Waals surface area contributed by atoms with E-state index < -0.39 is 41.5 Å². The van der Waals surface area contributed by atoms with Gasteiger partial charge in [-0.3, -0.25) is 24.0 Å². The van der Waals surface area contributed by atoms with Crippen LogP contribution in [0.4, 0.5) is 0 Å². The molecule has 0 bridgehead atoms. The molecule has 10 heteroatoms. The van der Waals surface area contributed by atoms with Gasteiger partial charge in [0.25, 0.3) is 11.8 Å². The largest absolute Gasteiger partial charge is 0.451 e. The summed E-state index contributed by atoms with van der Waals surface area (Å²) < 4.78 is 5.73. The number of carbonyl (C=O) groups is 5. The van der Waals surface area contributed by atoms with E-state index in [9.17, 15) is 24.0 Å². The first-order chi connectivity index (χ1) is 20.4. The first-order valence-corrected chi connectivity index (χ1v) is 15.6. The average molecular weight is 579 g/mol. The van der Waals surface area contributed by atoms with Crippen LogP contribution in [0.25, 0.3) is 11.0 Å². The summed E-state index contributed by atoms with van der Waals surface area (Å²) in [7, 11) is 0. The number of fused-ring (bicyclic) bond motifs is 1. The SMILES string of the molecule is O=C(NC1CCCCC1)C(=O)[C@H](C[C@@H]1CCNC1=O)NC(=O)[C@H](CC1CCCCC1)NC(=O)c1cc2ccccc2o1. The van der Waals surface area contributed by atoms with Gasteiger partial charge in [0, 0.05) is 23.9 Å². The van der Waals surface area contributed by atoms with Crippen molar-refractivity contribution in [1.29, 1.82) is 0 Å². The Balaban J connectivity index is 1.32. The molecule has 3 aliphatic rings. The highest BCUT2D eigenvalue weighted by molar-refractivity contribution is 6.38. The molecule has 226 valence electrons. The number of Topliss-reactive ketones (excluding diaryl/α,β-unsaturated/α-hetero) is 1. The fraction of sp³-hybridized carbons (Fsp3) is 0.594. The number of ketones is 1. The third-order valence-corrected chi connectivity index (χ3v) is 9.05. The fourth-order valence-electron chi connectivity index (χ4n) is 6.63. The molecule has 0 radical (unpaired) electrons. The number of furan rings is 1. The highest BCUT2D eigenvalue weighted by Crippen LogP contribution is 2.28. The Hall–Kier alpha value is -3.69. The van der Waals surface area contributed by atoms with Crippen LogP contribution >= 0.6 is 0 Å². The summed E-state index contributed by atoms with van der Waals surface area (Å²) in [6.45, 7) is 0.491. The van der Waals surface area contributed by atoms with Gasteiger partial charge < -0.3 is 25.7 Å². The van der Waals surface area contributed by atoms with Crippen LogP contribution in [0, 0.1) is 11.8 Å². The Morgan fingerprint density at radius 1 is 0.857 bits per heavy atom. The zero-order chi connectivity index (χ0) is 29.5. The Morgan fingerprint density at radius 2 is 1.57 bits per heavy atom. The van der Waals surface area contributed by atoms with E-state index in [1.807, 2.05) is 18.2 Å². The van der Waals surface area contributed by atoms with Gasteiger partial charge in [-0.1, -0.05) is 69.6 Å². The maximum atomic E-state index is 13.8. The molecule has 2 heterocycles. The summed E-state index contributed by atoms with van der Waals surface area (Å²) in [5.74, 6) is -2.87. The van der Waals surface area contributed by atoms with E-state index in [0.717, 1.165) is 69.6 Å². The molecule has 2 aromatic rings. The van der Waals surface area contributed by atoms with Gasteiger partial charge in [0.2, 0.25) is 17.6 Å². The first-order valence-electron chi connectivity index (χ1n) is 15.6. The molecule has 2 saturated carbocycles. The normalized spacial score (nSPS) is 21.3. The molecule has 4 amide bonds. The van der Waals surface area contributed by atoms with E-state index in [4.69, 9.17) is 4.42 Å². The van der Waals surface area contributed by atoms with Crippen LogP contribution in [-0.4, -0.2) is 54.1 Å². The van der Waals surface area contributed by atoms with Crippen molar-refractivity contribution in [3.05, 3.63) is 36.1 Å². The third kappa shape index (κ3) is 7.57. The molecule has 1 aliphatic heterocycles. The Morgan fingerprint density at radius 3 is 2.26 bits per heavy atom. The molecule has 42 heavy (non-hydrogen) atoms. The molecule has 3 fully saturated rings. The van der Waals surface area contributed by atoms with Crippen LogP contribution in [-0.2, 0) is 19.2 Å². The van der Waals surface area contributed by atoms with Crippen LogP contribution in [0.3, 0.4) is 0 Å². The molecule has 0 spiro atoms. The van der Waals surface area contributed by atoms with Crippen molar-refractivity contribution in [3.8, 4) is 0 Å². The number of hydrogen-bond acceptors (Lipinski definition) is 6. The molecular weight excluding hydrogens is 536 g/mol. The second kappa shape index (κ2) is 14.0. The Labute approximate surface area is 246 Å². The summed E-state index contributed by atoms with van der Waals surface area (Å²) in [4.78, 5) is 65.9. The number of hydrogen-bond donors (Lipinski definition) is 4. The molecule has 1 saturated heterocycles. The average Bonchev–Trinajstić information content (AvgIpc) is 3.63. The van der Waals surface area contributed by atoms with Gasteiger partial charge in [0.15, 0.2) is 5.76 Å². The summed E-state index contributed by atoms with van der Waals surface area (Å²) in [5, 5.41) is 12.0. The lowest BCUT2D eigenvalue weighted by Crippen LogP contribution is -2.55. The zero-order valence-corrected chi connectivity index (χ0v) is 24.1. The lowest BCUT2D eigenvalue weighted by Gasteiger charge is -2.28. The third-order valence-electron chi connectivity index (χ3n) is 9.05. The summed E-state index contributed by atoms with van der Waals surface area (Å²) in [6, 6.07) is 6.75. The summed E-state index contributed by atoms with van der Waals surface area (Å²) >= 11 is 0. The van der Waals surface area contributed by atoms with Gasteiger partial charge in [0.05, 0.1) is 6.04 Å². The quantitative estimate of drug-likeness (QED) is 0.300. The van der Waals surface area contributed by atoms with Gasteiger partial charge in [-0.15, -0.1) is 0 Å². The summed E-state index contributed by atoms with van der Waals surface area (Å²) in [5.41, 5.74) is 0.570. The van der Waals surface area contributed by atoms with Crippen molar-refractivity contribution in [2.75, 3.05) is 6.54 Å². The van der Waals surface area contributed by atoms with Gasteiger partial charge in [-0.25, -0.2) is 0 Å². The minimum atomic E-state index is -1.17. The van der Waals surface area contributed by atoms with Crippen molar-refractivity contribution in [2.45, 2.75) is 102 Å². The van der Waals surface area contributed by atoms with Crippen LogP contribution in [0.5, 0.6) is 0 Å². The molecule has 10 nitrogen and oxygen atoms in total. The van der Waals surface area contributed by atoms with Crippen LogP contribution in [0.15, 0.2) is 34.7 Å². The number of amides is 4. The molecule has 4 N–H and O–H groups in total. The lowest BCUT2D eigenvalue weighted by molar-refractivity contribution is -0.141. The Kier molecular flexibility index (Phi) is 9.92. The molecule has 2 aliphatic carbocycles. The second-order valence-corrected chi connectivity index (χ2v) is 12.2. The monoisotopic (exact) mass is 578 g/mol. The first kappa shape index (κ1) is 29.8. The Bertz CT molecular complexity index is 1260. The number of rotatable bonds is 11. The molecule has 0 unspecified atom stereocenters. The second-order valence-electron chi connectivity index (χ2n) is 12.2. The number of para-hydroxylation sites is 1. The predicted octanol–water partition coefficient (Wildman–Crippen LogP) is 3.53. The standard InChI is InChI=1S/C32H42N4O6/c37-28(32(41)34-23-12-5-2-6-13-23)24(18-22-15-16-33-29(22)38)35-30(39)25(17-20-9-3-1-4-10-20)36-31(40)27-19-21-11-7-8-14-26(21)42-27/h7-8,11,14,19-20,22-25H,1-6,9-10,12-13,15-18H2,(H,33,38)(H,34,41)(H,35,39)(H,36,40)/t22-,24-,25-/m0/s1. The minimum absolute atomic E-state index is 0.0299. The van der Waals surface area contributed by atoms with Crippen LogP contribution < -0.4 is 21.3 Å². The minimum Gasteiger partial charge on any atom is -0.451 e. The number of nitrogens with one attached hydrogen (secondary N) is 4. The smallest absolute Gasteiger partial charge is 0.289 e. The van der Waals surface area contributed by atoms with Gasteiger partial charge in [-0.05, 0) is 50.2 Å². The van der Waals surface area contributed by atoms with Crippen LogP contribution in [0.1, 0.15) is 94.0 Å². The van der Waals surface area contributed by atoms with E-state index >= 15 is 0 Å². The van der Waals surface area contributed by atoms with E-state index in [1.165, 1.54) is 0 Å². The van der Waals surface area contributed by atoms with Gasteiger partial charge >= 0.3 is 0 Å². The highest BCUT2D eigenvalue weighted by Gasteiger charge is 2.37. The zero-order valence-electron chi connectivity index (χ0n) is 24.1. The van der Waals surface area contributed by atoms with E-state index in [0.29, 0.717) is 25.0 Å².